The number of carboxylic acids is 1. The van der Waals surface area contributed by atoms with Crippen LogP contribution in [0.3, 0.4) is 0 Å². The highest BCUT2D eigenvalue weighted by atomic mass is 35.5. The van der Waals surface area contributed by atoms with Gasteiger partial charge in [-0.15, -0.1) is 0 Å². The molecular formula is C15H16Cl2O5. The second-order valence-corrected chi connectivity index (χ2v) is 5.84. The number of rotatable bonds is 5. The molecule has 5 nitrogen and oxygen atoms in total. The lowest BCUT2D eigenvalue weighted by Gasteiger charge is -2.31. The van der Waals surface area contributed by atoms with Crippen molar-refractivity contribution in [3.63, 3.8) is 0 Å². The van der Waals surface area contributed by atoms with Gasteiger partial charge in [0.1, 0.15) is 16.9 Å². The largest absolute Gasteiger partial charge is 0.480 e. The standard InChI is InChI=1S/C15H16Cl2O5/c1-2-8-3-6-12(20)22-15(8)9-4-5-10(14(17)13(9)16)21-7-11(18)19/h4-5,8,15H,2-3,6-7H2,1H3,(H,18,19). The Kier molecular flexibility index (Phi) is 5.53. The van der Waals surface area contributed by atoms with Crippen LogP contribution in [0.5, 0.6) is 5.75 Å². The van der Waals surface area contributed by atoms with Gasteiger partial charge in [0, 0.05) is 17.9 Å². The average molecular weight is 347 g/mol. The van der Waals surface area contributed by atoms with E-state index >= 15 is 0 Å². The molecule has 1 aliphatic rings. The van der Waals surface area contributed by atoms with Gasteiger partial charge in [-0.05, 0) is 18.9 Å². The fraction of sp³-hybridized carbons (Fsp3) is 0.467. The van der Waals surface area contributed by atoms with Gasteiger partial charge in [0.15, 0.2) is 6.61 Å². The highest BCUT2D eigenvalue weighted by molar-refractivity contribution is 6.43. The first kappa shape index (κ1) is 16.9. The Bertz CT molecular complexity index is 588. The summed E-state index contributed by atoms with van der Waals surface area (Å²) in [5.74, 6) is -0.998. The van der Waals surface area contributed by atoms with Gasteiger partial charge in [-0.25, -0.2) is 4.79 Å². The number of esters is 1. The van der Waals surface area contributed by atoms with Crippen molar-refractivity contribution in [1.29, 1.82) is 0 Å². The first-order valence-corrected chi connectivity index (χ1v) is 7.71. The molecule has 2 rings (SSSR count). The van der Waals surface area contributed by atoms with E-state index < -0.39 is 18.7 Å². The number of aliphatic carboxylic acids is 1. The molecule has 7 heteroatoms. The van der Waals surface area contributed by atoms with E-state index in [9.17, 15) is 9.59 Å². The lowest BCUT2D eigenvalue weighted by atomic mass is 9.87. The van der Waals surface area contributed by atoms with E-state index in [-0.39, 0.29) is 27.7 Å². The number of cyclic esters (lactones) is 1. The molecule has 1 fully saturated rings. The van der Waals surface area contributed by atoms with Crippen molar-refractivity contribution in [2.75, 3.05) is 6.61 Å². The molecule has 0 spiro atoms. The van der Waals surface area contributed by atoms with Crippen LogP contribution < -0.4 is 4.74 Å². The van der Waals surface area contributed by atoms with Crippen LogP contribution in [0.15, 0.2) is 12.1 Å². The predicted molar refractivity (Wildman–Crippen MR) is 81.4 cm³/mol. The number of benzene rings is 1. The third-order valence-electron chi connectivity index (χ3n) is 3.66. The zero-order valence-corrected chi connectivity index (χ0v) is 13.5. The summed E-state index contributed by atoms with van der Waals surface area (Å²) in [6.45, 7) is 1.52. The van der Waals surface area contributed by atoms with Crippen LogP contribution in [0.2, 0.25) is 10.0 Å². The fourth-order valence-electron chi connectivity index (χ4n) is 2.50. The van der Waals surface area contributed by atoms with Gasteiger partial charge in [0.2, 0.25) is 0 Å². The van der Waals surface area contributed by atoms with Gasteiger partial charge < -0.3 is 14.6 Å². The lowest BCUT2D eigenvalue weighted by molar-refractivity contribution is -0.159. The molecule has 1 aliphatic heterocycles. The minimum absolute atomic E-state index is 0.122. The summed E-state index contributed by atoms with van der Waals surface area (Å²) in [6.07, 6.45) is 1.55. The van der Waals surface area contributed by atoms with E-state index in [4.69, 9.17) is 37.8 Å². The summed E-state index contributed by atoms with van der Waals surface area (Å²) in [5.41, 5.74) is 0.620. The van der Waals surface area contributed by atoms with Gasteiger partial charge in [-0.2, -0.15) is 0 Å². The number of carbonyl (C=O) groups is 2. The van der Waals surface area contributed by atoms with E-state index in [0.717, 1.165) is 12.8 Å². The molecule has 1 N–H and O–H groups in total. The number of halogens is 2. The topological polar surface area (TPSA) is 72.8 Å². The number of hydrogen-bond donors (Lipinski definition) is 1. The molecule has 1 saturated heterocycles. The van der Waals surface area contributed by atoms with Crippen molar-refractivity contribution < 1.29 is 24.2 Å². The Hall–Kier alpha value is -1.46. The average Bonchev–Trinajstić information content (AvgIpc) is 2.48. The molecule has 0 radical (unpaired) electrons. The Balaban J connectivity index is 2.29. The minimum atomic E-state index is -1.11. The van der Waals surface area contributed by atoms with E-state index in [1.807, 2.05) is 6.92 Å². The predicted octanol–water partition coefficient (Wildman–Crippen LogP) is 3.86. The minimum Gasteiger partial charge on any atom is -0.480 e. The summed E-state index contributed by atoms with van der Waals surface area (Å²) in [7, 11) is 0. The number of hydrogen-bond acceptors (Lipinski definition) is 4. The van der Waals surface area contributed by atoms with Gasteiger partial charge in [0.25, 0.3) is 0 Å². The molecule has 2 atom stereocenters. The maximum Gasteiger partial charge on any atom is 0.341 e. The second kappa shape index (κ2) is 7.20. The van der Waals surface area contributed by atoms with Crippen molar-refractivity contribution in [3.05, 3.63) is 27.7 Å². The number of carboxylic acid groups (broad SMARTS) is 1. The normalized spacial score (nSPS) is 21.3. The maximum absolute atomic E-state index is 11.6. The van der Waals surface area contributed by atoms with E-state index in [1.54, 1.807) is 12.1 Å². The van der Waals surface area contributed by atoms with E-state index in [0.29, 0.717) is 12.0 Å². The van der Waals surface area contributed by atoms with Crippen molar-refractivity contribution in [2.45, 2.75) is 32.3 Å². The van der Waals surface area contributed by atoms with Crippen LogP contribution in [-0.4, -0.2) is 23.7 Å². The molecule has 1 aromatic rings. The first-order chi connectivity index (χ1) is 10.4. The molecule has 1 heterocycles. The van der Waals surface area contributed by atoms with Crippen LogP contribution in [0.4, 0.5) is 0 Å². The first-order valence-electron chi connectivity index (χ1n) is 6.96. The van der Waals surface area contributed by atoms with Crippen LogP contribution in [0, 0.1) is 5.92 Å². The third kappa shape index (κ3) is 3.65. The summed E-state index contributed by atoms with van der Waals surface area (Å²) < 4.78 is 10.5. The van der Waals surface area contributed by atoms with Crippen molar-refractivity contribution in [3.8, 4) is 5.75 Å². The Morgan fingerprint density at radius 2 is 2.14 bits per heavy atom. The quantitative estimate of drug-likeness (QED) is 0.819. The smallest absolute Gasteiger partial charge is 0.341 e. The van der Waals surface area contributed by atoms with Crippen molar-refractivity contribution in [1.82, 2.24) is 0 Å². The van der Waals surface area contributed by atoms with Gasteiger partial charge in [-0.3, -0.25) is 4.79 Å². The fourth-order valence-corrected chi connectivity index (χ4v) is 2.99. The van der Waals surface area contributed by atoms with Crippen LogP contribution in [-0.2, 0) is 14.3 Å². The monoisotopic (exact) mass is 346 g/mol. The number of ether oxygens (including phenoxy) is 2. The summed E-state index contributed by atoms with van der Waals surface area (Å²) in [6, 6.07) is 3.21. The van der Waals surface area contributed by atoms with E-state index in [2.05, 4.69) is 0 Å². The molecule has 0 aromatic heterocycles. The van der Waals surface area contributed by atoms with Crippen LogP contribution >= 0.6 is 23.2 Å². The molecule has 2 unspecified atom stereocenters. The van der Waals surface area contributed by atoms with E-state index in [1.165, 1.54) is 0 Å². The summed E-state index contributed by atoms with van der Waals surface area (Å²) in [5, 5.41) is 8.98. The SMILES string of the molecule is CCC1CCC(=O)OC1c1ccc(OCC(=O)O)c(Cl)c1Cl. The van der Waals surface area contributed by atoms with Gasteiger partial charge >= 0.3 is 11.9 Å². The molecule has 0 amide bonds. The molecule has 0 saturated carbocycles. The second-order valence-electron chi connectivity index (χ2n) is 5.08. The summed E-state index contributed by atoms with van der Waals surface area (Å²) in [4.78, 5) is 22.1. The highest BCUT2D eigenvalue weighted by Gasteiger charge is 2.33. The zero-order valence-electron chi connectivity index (χ0n) is 12.0. The summed E-state index contributed by atoms with van der Waals surface area (Å²) >= 11 is 12.4. The van der Waals surface area contributed by atoms with Crippen molar-refractivity contribution in [2.24, 2.45) is 5.92 Å². The number of carbonyl (C=O) groups excluding carboxylic acids is 1. The van der Waals surface area contributed by atoms with Gasteiger partial charge in [-0.1, -0.05) is 36.2 Å². The molecule has 22 heavy (non-hydrogen) atoms. The zero-order chi connectivity index (χ0) is 16.3. The van der Waals surface area contributed by atoms with Crippen LogP contribution in [0.25, 0.3) is 0 Å². The molecule has 0 aliphatic carbocycles. The maximum atomic E-state index is 11.6. The molecule has 0 bridgehead atoms. The Morgan fingerprint density at radius 1 is 1.41 bits per heavy atom. The van der Waals surface area contributed by atoms with Gasteiger partial charge in [0.05, 0.1) is 5.02 Å². The molecule has 1 aromatic carbocycles. The molecular weight excluding hydrogens is 331 g/mol. The highest BCUT2D eigenvalue weighted by Crippen LogP contribution is 2.43. The molecule has 120 valence electrons. The van der Waals surface area contributed by atoms with Crippen molar-refractivity contribution >= 4 is 35.1 Å². The Labute approximate surface area is 138 Å². The van der Waals surface area contributed by atoms with Crippen LogP contribution in [0.1, 0.15) is 37.9 Å². The Morgan fingerprint density at radius 3 is 2.77 bits per heavy atom. The third-order valence-corrected chi connectivity index (χ3v) is 4.54. The lowest BCUT2D eigenvalue weighted by Crippen LogP contribution is -2.26.